The van der Waals surface area contributed by atoms with Crippen molar-refractivity contribution >= 4 is 12.3 Å². The van der Waals surface area contributed by atoms with Gasteiger partial charge in [-0.05, 0) is 6.08 Å². The van der Waals surface area contributed by atoms with Gasteiger partial charge in [0.2, 0.25) is 12.3 Å². The summed E-state index contributed by atoms with van der Waals surface area (Å²) in [4.78, 5) is 20.3. The van der Waals surface area contributed by atoms with Gasteiger partial charge in [-0.2, -0.15) is 0 Å². The van der Waals surface area contributed by atoms with Crippen LogP contribution in [0.4, 0.5) is 0 Å². The largest absolute Gasteiger partial charge is 0.366 e. The Balaban J connectivity index is 0. The van der Waals surface area contributed by atoms with Gasteiger partial charge in [0.05, 0.1) is 0 Å². The van der Waals surface area contributed by atoms with Gasteiger partial charge >= 0.3 is 0 Å². The van der Waals surface area contributed by atoms with Crippen molar-refractivity contribution in [3.63, 3.8) is 0 Å². The third-order valence-electron chi connectivity index (χ3n) is 0.412. The lowest BCUT2D eigenvalue weighted by Crippen LogP contribution is -2.06. The molecule has 0 saturated heterocycles. The molecule has 0 spiro atoms. The van der Waals surface area contributed by atoms with Crippen LogP contribution < -0.4 is 5.73 Å². The van der Waals surface area contributed by atoms with Crippen molar-refractivity contribution in [2.45, 2.75) is 0 Å². The Kier molecular flexibility index (Phi) is 8.81. The van der Waals surface area contributed by atoms with Crippen LogP contribution in [0.15, 0.2) is 12.7 Å². The molecule has 0 unspecified atom stereocenters. The van der Waals surface area contributed by atoms with Crippen molar-refractivity contribution in [3.8, 4) is 0 Å². The highest BCUT2D eigenvalue weighted by Crippen LogP contribution is 1.52. The van der Waals surface area contributed by atoms with Crippen LogP contribution in [0.1, 0.15) is 0 Å². The van der Waals surface area contributed by atoms with Crippen molar-refractivity contribution in [3.05, 3.63) is 12.7 Å². The maximum absolute atomic E-state index is 9.47. The number of primary amides is 1. The molecule has 2 N–H and O–H groups in total. The molecule has 0 aliphatic carbocycles. The SMILES string of the molecule is C=CC(N)=O.CN(C)C=O. The third-order valence-corrected chi connectivity index (χ3v) is 0.412. The van der Waals surface area contributed by atoms with Crippen molar-refractivity contribution in [2.75, 3.05) is 14.1 Å². The normalized spacial score (nSPS) is 6.60. The molecule has 0 radical (unpaired) electrons. The van der Waals surface area contributed by atoms with E-state index in [4.69, 9.17) is 0 Å². The molecule has 58 valence electrons. The minimum Gasteiger partial charge on any atom is -0.366 e. The molecular weight excluding hydrogens is 132 g/mol. The highest BCUT2D eigenvalue weighted by atomic mass is 16.1. The molecule has 0 rings (SSSR count). The molecular formula is C6H12N2O2. The summed E-state index contributed by atoms with van der Waals surface area (Å²) in [5.74, 6) is -0.481. The van der Waals surface area contributed by atoms with E-state index in [0.717, 1.165) is 12.5 Å². The number of carbonyl (C=O) groups is 2. The zero-order valence-corrected chi connectivity index (χ0v) is 6.20. The molecule has 0 saturated carbocycles. The highest BCUT2D eigenvalue weighted by Gasteiger charge is 1.69. The Morgan fingerprint density at radius 2 is 1.80 bits per heavy atom. The van der Waals surface area contributed by atoms with Gasteiger partial charge in [-0.3, -0.25) is 9.59 Å². The van der Waals surface area contributed by atoms with E-state index >= 15 is 0 Å². The lowest BCUT2D eigenvalue weighted by atomic mass is 10.6. The van der Waals surface area contributed by atoms with E-state index in [1.807, 2.05) is 0 Å². The summed E-state index contributed by atoms with van der Waals surface area (Å²) in [5, 5.41) is 0. The van der Waals surface area contributed by atoms with Crippen LogP contribution in [0, 0.1) is 0 Å². The second kappa shape index (κ2) is 7.68. The predicted molar refractivity (Wildman–Crippen MR) is 39.1 cm³/mol. The van der Waals surface area contributed by atoms with Crippen LogP contribution >= 0.6 is 0 Å². The average Bonchev–Trinajstić information content (AvgIpc) is 1.89. The number of amides is 2. The maximum Gasteiger partial charge on any atom is 0.240 e. The van der Waals surface area contributed by atoms with E-state index in [1.165, 1.54) is 4.90 Å². The fourth-order valence-corrected chi connectivity index (χ4v) is 0. The number of hydrogen-bond donors (Lipinski definition) is 1. The maximum atomic E-state index is 9.47. The number of hydrogen-bond acceptors (Lipinski definition) is 2. The second-order valence-electron chi connectivity index (χ2n) is 1.68. The minimum atomic E-state index is -0.481. The lowest BCUT2D eigenvalue weighted by Gasteiger charge is -1.93. The molecule has 0 aromatic rings. The fourth-order valence-electron chi connectivity index (χ4n) is 0. The molecule has 2 amide bonds. The highest BCUT2D eigenvalue weighted by molar-refractivity contribution is 5.84. The fraction of sp³-hybridized carbons (Fsp3) is 0.333. The monoisotopic (exact) mass is 144 g/mol. The molecule has 0 aliphatic heterocycles. The molecule has 0 aliphatic rings. The molecule has 0 aromatic carbocycles. The number of nitrogens with zero attached hydrogens (tertiary/aromatic N) is 1. The topological polar surface area (TPSA) is 63.4 Å². The summed E-state index contributed by atoms with van der Waals surface area (Å²) in [6.45, 7) is 3.09. The van der Waals surface area contributed by atoms with Gasteiger partial charge in [0, 0.05) is 14.1 Å². The van der Waals surface area contributed by atoms with Crippen molar-refractivity contribution in [1.82, 2.24) is 4.90 Å². The van der Waals surface area contributed by atoms with Crippen molar-refractivity contribution in [1.29, 1.82) is 0 Å². The first-order valence-corrected chi connectivity index (χ1v) is 2.58. The van der Waals surface area contributed by atoms with E-state index in [0.29, 0.717) is 0 Å². The number of carbonyl (C=O) groups excluding carboxylic acids is 2. The molecule has 10 heavy (non-hydrogen) atoms. The van der Waals surface area contributed by atoms with Gasteiger partial charge in [-0.1, -0.05) is 6.58 Å². The van der Waals surface area contributed by atoms with Crippen LogP contribution in [0.25, 0.3) is 0 Å². The summed E-state index contributed by atoms with van der Waals surface area (Å²) in [5.41, 5.74) is 4.53. The van der Waals surface area contributed by atoms with E-state index in [9.17, 15) is 9.59 Å². The van der Waals surface area contributed by atoms with Crippen LogP contribution in [0.3, 0.4) is 0 Å². The number of nitrogens with two attached hydrogens (primary N) is 1. The first-order chi connectivity index (χ1) is 4.54. The predicted octanol–water partition coefficient (Wildman–Crippen LogP) is -0.638. The first-order valence-electron chi connectivity index (χ1n) is 2.58. The van der Waals surface area contributed by atoms with Crippen molar-refractivity contribution in [2.24, 2.45) is 5.73 Å². The van der Waals surface area contributed by atoms with Gasteiger partial charge in [-0.15, -0.1) is 0 Å². The van der Waals surface area contributed by atoms with E-state index in [2.05, 4.69) is 12.3 Å². The molecule has 0 heterocycles. The Hall–Kier alpha value is -1.32. The second-order valence-corrected chi connectivity index (χ2v) is 1.68. The Morgan fingerprint density at radius 3 is 1.80 bits per heavy atom. The van der Waals surface area contributed by atoms with Gasteiger partial charge < -0.3 is 10.6 Å². The van der Waals surface area contributed by atoms with Crippen LogP contribution in [0.5, 0.6) is 0 Å². The molecule has 0 aromatic heterocycles. The zero-order chi connectivity index (χ0) is 8.57. The van der Waals surface area contributed by atoms with E-state index < -0.39 is 5.91 Å². The summed E-state index contributed by atoms with van der Waals surface area (Å²) in [6, 6.07) is 0. The molecule has 0 bridgehead atoms. The molecule has 0 fully saturated rings. The van der Waals surface area contributed by atoms with Gasteiger partial charge in [0.15, 0.2) is 0 Å². The average molecular weight is 144 g/mol. The third kappa shape index (κ3) is 30.0. The quantitative estimate of drug-likeness (QED) is 0.414. The number of rotatable bonds is 2. The summed E-state index contributed by atoms with van der Waals surface area (Å²) >= 11 is 0. The molecule has 4 nitrogen and oxygen atoms in total. The van der Waals surface area contributed by atoms with E-state index in [1.54, 1.807) is 14.1 Å². The summed E-state index contributed by atoms with van der Waals surface area (Å²) < 4.78 is 0. The van der Waals surface area contributed by atoms with E-state index in [-0.39, 0.29) is 0 Å². The first kappa shape index (κ1) is 11.5. The summed E-state index contributed by atoms with van der Waals surface area (Å²) in [6.07, 6.45) is 1.81. The molecule has 0 atom stereocenters. The van der Waals surface area contributed by atoms with Crippen LogP contribution in [-0.2, 0) is 9.59 Å². The summed E-state index contributed by atoms with van der Waals surface area (Å²) in [7, 11) is 3.38. The van der Waals surface area contributed by atoms with Crippen LogP contribution in [0.2, 0.25) is 0 Å². The Morgan fingerprint density at radius 1 is 1.60 bits per heavy atom. The smallest absolute Gasteiger partial charge is 0.240 e. The Labute approximate surface area is 60.3 Å². The lowest BCUT2D eigenvalue weighted by molar-refractivity contribution is -0.116. The van der Waals surface area contributed by atoms with Crippen molar-refractivity contribution < 1.29 is 9.59 Å². The van der Waals surface area contributed by atoms with Crippen LogP contribution in [-0.4, -0.2) is 31.3 Å². The molecule has 4 heteroatoms. The zero-order valence-electron chi connectivity index (χ0n) is 6.20. The van der Waals surface area contributed by atoms with Gasteiger partial charge in [0.1, 0.15) is 0 Å². The van der Waals surface area contributed by atoms with Gasteiger partial charge in [0.25, 0.3) is 0 Å². The minimum absolute atomic E-state index is 0.481. The Bertz CT molecular complexity index is 121. The standard InChI is InChI=1S/C3H7NO.C3H5NO/c1-4(2)3-5;1-2-3(4)5/h3H,1-2H3;2H,1H2,(H2,4,5). The van der Waals surface area contributed by atoms with Gasteiger partial charge in [-0.25, -0.2) is 0 Å².